The Morgan fingerprint density at radius 3 is 1.91 bits per heavy atom. The second kappa shape index (κ2) is 12.6. The molecule has 1 aromatic heterocycles. The van der Waals surface area contributed by atoms with E-state index < -0.39 is 11.6 Å². The Kier molecular flexibility index (Phi) is 8.06. The van der Waals surface area contributed by atoms with Gasteiger partial charge in [0.2, 0.25) is 0 Å². The third kappa shape index (κ3) is 5.76. The van der Waals surface area contributed by atoms with Crippen LogP contribution in [0.2, 0.25) is 0 Å². The molecule has 1 aliphatic carbocycles. The van der Waals surface area contributed by atoms with E-state index in [1.807, 2.05) is 97.1 Å². The van der Waals surface area contributed by atoms with Crippen molar-refractivity contribution in [1.29, 1.82) is 0 Å². The van der Waals surface area contributed by atoms with Crippen molar-refractivity contribution in [1.82, 2.24) is 9.55 Å². The van der Waals surface area contributed by atoms with E-state index in [2.05, 4.69) is 4.98 Å². The van der Waals surface area contributed by atoms with Crippen molar-refractivity contribution in [3.63, 3.8) is 0 Å². The van der Waals surface area contributed by atoms with Gasteiger partial charge in [-0.2, -0.15) is 4.98 Å². The summed E-state index contributed by atoms with van der Waals surface area (Å²) < 4.78 is 45.2. The van der Waals surface area contributed by atoms with Crippen LogP contribution < -0.4 is 4.74 Å². The van der Waals surface area contributed by atoms with E-state index in [9.17, 15) is 4.79 Å². The molecule has 0 atom stereocenters. The van der Waals surface area contributed by atoms with Crippen molar-refractivity contribution >= 4 is 17.0 Å². The van der Waals surface area contributed by atoms with Gasteiger partial charge in [-0.1, -0.05) is 109 Å². The summed E-state index contributed by atoms with van der Waals surface area (Å²) in [5, 5.41) is 0. The largest absolute Gasteiger partial charge is 0.466 e. The maximum Gasteiger partial charge on any atom is 0.309 e. The molecule has 7 rings (SSSR count). The minimum atomic E-state index is -0.747. The highest BCUT2D eigenvalue weighted by atomic mass is 19.1. The number of esters is 1. The number of ether oxygens (including phenoxy) is 2. The number of rotatable bonds is 9. The molecule has 1 fully saturated rings. The maximum absolute atomic E-state index is 16.3. The normalized spacial score (nSPS) is 15.8. The van der Waals surface area contributed by atoms with E-state index in [0.717, 1.165) is 27.8 Å². The first-order valence-corrected chi connectivity index (χ1v) is 15.5. The first-order valence-electron chi connectivity index (χ1n) is 15.5. The van der Waals surface area contributed by atoms with Gasteiger partial charge >= 0.3 is 5.97 Å². The van der Waals surface area contributed by atoms with E-state index in [1.54, 1.807) is 23.6 Å². The summed E-state index contributed by atoms with van der Waals surface area (Å²) in [5.41, 5.74) is 5.65. The Morgan fingerprint density at radius 1 is 0.783 bits per heavy atom. The molecule has 0 radical (unpaired) electrons. The molecule has 0 unspecified atom stereocenters. The van der Waals surface area contributed by atoms with Crippen LogP contribution >= 0.6 is 0 Å². The highest BCUT2D eigenvalue weighted by molar-refractivity contribution is 5.85. The van der Waals surface area contributed by atoms with Gasteiger partial charge < -0.3 is 9.47 Å². The summed E-state index contributed by atoms with van der Waals surface area (Å²) in [5.74, 6) is -1.92. The molecule has 5 aromatic carbocycles. The fraction of sp³-hybridized carbons (Fsp3) is 0.179. The lowest BCUT2D eigenvalue weighted by molar-refractivity contribution is -0.154. The second-order valence-corrected chi connectivity index (χ2v) is 11.6. The Hall–Kier alpha value is -5.30. The summed E-state index contributed by atoms with van der Waals surface area (Å²) in [6, 6.07) is 36.6. The smallest absolute Gasteiger partial charge is 0.309 e. The summed E-state index contributed by atoms with van der Waals surface area (Å²) in [4.78, 5) is 16.7. The molecule has 6 aromatic rings. The lowest BCUT2D eigenvalue weighted by Gasteiger charge is -2.33. The van der Waals surface area contributed by atoms with Crippen LogP contribution in [0.15, 0.2) is 115 Å². The van der Waals surface area contributed by atoms with E-state index in [-0.39, 0.29) is 35.1 Å². The molecule has 0 N–H and O–H groups in total. The molecule has 0 saturated heterocycles. The summed E-state index contributed by atoms with van der Waals surface area (Å²) in [6.45, 7) is 2.39. The minimum Gasteiger partial charge on any atom is -0.466 e. The fourth-order valence-corrected chi connectivity index (χ4v) is 6.01. The van der Waals surface area contributed by atoms with Gasteiger partial charge in [0.1, 0.15) is 17.4 Å². The first kappa shape index (κ1) is 29.4. The standard InChI is InChI=1S/C39H32F2N2O3/c1-2-45-38(44)31-21-32(22-31)46-39-42-37-34(43(39)24-25-13-15-28(16-14-25)26-9-5-3-6-10-26)23-33(40)35(36(37)41)30-19-17-29(18-20-30)27-11-7-4-8-12-27/h3-20,23,31-32H,2,21-22,24H2,1H3. The van der Waals surface area contributed by atoms with Gasteiger partial charge in [-0.15, -0.1) is 0 Å². The van der Waals surface area contributed by atoms with Crippen molar-refractivity contribution in [2.45, 2.75) is 32.4 Å². The number of hydrogen-bond acceptors (Lipinski definition) is 4. The number of carbonyl (C=O) groups excluding carboxylic acids is 1. The highest BCUT2D eigenvalue weighted by Crippen LogP contribution is 2.37. The third-order valence-electron chi connectivity index (χ3n) is 8.57. The predicted molar refractivity (Wildman–Crippen MR) is 175 cm³/mol. The van der Waals surface area contributed by atoms with Crippen LogP contribution in [0.25, 0.3) is 44.4 Å². The van der Waals surface area contributed by atoms with Gasteiger partial charge in [-0.25, -0.2) is 8.78 Å². The van der Waals surface area contributed by atoms with Gasteiger partial charge in [0.05, 0.1) is 30.1 Å². The van der Waals surface area contributed by atoms with Crippen molar-refractivity contribution in [3.8, 4) is 39.4 Å². The SMILES string of the molecule is CCOC(=O)C1CC(Oc2nc3c(F)c(-c4ccc(-c5ccccc5)cc4)c(F)cc3n2Cc2ccc(-c3ccccc3)cc2)C1. The molecule has 0 aliphatic heterocycles. The van der Waals surface area contributed by atoms with Crippen LogP contribution in [0, 0.1) is 17.6 Å². The Bertz CT molecular complexity index is 1980. The molecule has 230 valence electrons. The molecular weight excluding hydrogens is 582 g/mol. The van der Waals surface area contributed by atoms with Crippen LogP contribution in [0.5, 0.6) is 6.01 Å². The van der Waals surface area contributed by atoms with E-state index >= 15 is 8.78 Å². The Balaban J connectivity index is 1.23. The van der Waals surface area contributed by atoms with Crippen molar-refractivity contribution in [2.75, 3.05) is 6.61 Å². The third-order valence-corrected chi connectivity index (χ3v) is 8.57. The number of fused-ring (bicyclic) bond motifs is 1. The topological polar surface area (TPSA) is 53.4 Å². The van der Waals surface area contributed by atoms with E-state index in [4.69, 9.17) is 9.47 Å². The number of halogens is 2. The Morgan fingerprint density at radius 2 is 1.33 bits per heavy atom. The van der Waals surface area contributed by atoms with Gasteiger partial charge in [-0.3, -0.25) is 9.36 Å². The number of benzene rings is 5. The predicted octanol–water partition coefficient (Wildman–Crippen LogP) is 9.08. The quantitative estimate of drug-likeness (QED) is 0.153. The molecule has 1 heterocycles. The van der Waals surface area contributed by atoms with Crippen LogP contribution in [0.1, 0.15) is 25.3 Å². The summed E-state index contributed by atoms with van der Waals surface area (Å²) >= 11 is 0. The lowest BCUT2D eigenvalue weighted by atomic mass is 9.82. The number of hydrogen-bond donors (Lipinski definition) is 0. The lowest BCUT2D eigenvalue weighted by Crippen LogP contribution is -2.39. The summed E-state index contributed by atoms with van der Waals surface area (Å²) in [7, 11) is 0. The molecule has 1 saturated carbocycles. The van der Waals surface area contributed by atoms with Crippen molar-refractivity contribution in [3.05, 3.63) is 132 Å². The number of imidazole rings is 1. The van der Waals surface area contributed by atoms with Crippen LogP contribution in [-0.2, 0) is 16.1 Å². The van der Waals surface area contributed by atoms with Crippen LogP contribution in [0.3, 0.4) is 0 Å². The summed E-state index contributed by atoms with van der Waals surface area (Å²) in [6.07, 6.45) is 0.663. The average molecular weight is 615 g/mol. The maximum atomic E-state index is 16.3. The zero-order valence-corrected chi connectivity index (χ0v) is 25.3. The van der Waals surface area contributed by atoms with Crippen LogP contribution in [0.4, 0.5) is 8.78 Å². The van der Waals surface area contributed by atoms with E-state index in [1.165, 1.54) is 6.07 Å². The first-order chi connectivity index (χ1) is 22.5. The van der Waals surface area contributed by atoms with Crippen molar-refractivity contribution in [2.24, 2.45) is 5.92 Å². The molecule has 0 bridgehead atoms. The molecular formula is C39H32F2N2O3. The zero-order valence-electron chi connectivity index (χ0n) is 25.3. The van der Waals surface area contributed by atoms with Gasteiger partial charge in [0.15, 0.2) is 5.82 Å². The minimum absolute atomic E-state index is 0.0284. The molecule has 7 heteroatoms. The average Bonchev–Trinajstić information content (AvgIpc) is 3.40. The highest BCUT2D eigenvalue weighted by Gasteiger charge is 2.38. The number of aromatic nitrogens is 2. The molecule has 0 spiro atoms. The van der Waals surface area contributed by atoms with Crippen LogP contribution in [-0.4, -0.2) is 28.2 Å². The van der Waals surface area contributed by atoms with E-state index in [0.29, 0.717) is 37.1 Å². The number of carbonyl (C=O) groups is 1. The second-order valence-electron chi connectivity index (χ2n) is 11.6. The molecule has 5 nitrogen and oxygen atoms in total. The van der Waals surface area contributed by atoms with Gasteiger partial charge in [-0.05, 0) is 53.1 Å². The molecule has 0 amide bonds. The Labute approximate surface area is 266 Å². The zero-order chi connectivity index (χ0) is 31.6. The van der Waals surface area contributed by atoms with Gasteiger partial charge in [0, 0.05) is 6.07 Å². The monoisotopic (exact) mass is 614 g/mol. The number of nitrogens with zero attached hydrogens (tertiary/aromatic N) is 2. The fourth-order valence-electron chi connectivity index (χ4n) is 6.01. The molecule has 46 heavy (non-hydrogen) atoms. The van der Waals surface area contributed by atoms with Crippen molar-refractivity contribution < 1.29 is 23.0 Å². The molecule has 1 aliphatic rings. The van der Waals surface area contributed by atoms with Gasteiger partial charge in [0.25, 0.3) is 6.01 Å².